The molecule has 1 heterocycles. The van der Waals surface area contributed by atoms with Gasteiger partial charge in [0, 0.05) is 7.05 Å². The van der Waals surface area contributed by atoms with Crippen LogP contribution in [-0.4, -0.2) is 24.8 Å². The van der Waals surface area contributed by atoms with Gasteiger partial charge in [-0.2, -0.15) is 0 Å². The molecule has 0 aliphatic carbocycles. The first kappa shape index (κ1) is 3.26. The average molecular weight is 102 g/mol. The van der Waals surface area contributed by atoms with Gasteiger partial charge in [0.25, 0.3) is 0 Å². The maximum Gasteiger partial charge on any atom is 0.332 e. The Kier molecular flexibility index (Phi) is 0.643. The molecule has 0 spiro atoms. The maximum absolute atomic E-state index is 10.4. The lowest BCUT2D eigenvalue weighted by molar-refractivity contribution is 0.215. The van der Waals surface area contributed by atoms with Gasteiger partial charge in [-0.3, -0.25) is 5.01 Å². The van der Waals surface area contributed by atoms with Gasteiger partial charge in [0.15, 0.2) is 0 Å². The Bertz CT molecular complexity index is 117. The molecular formula is C3H7N3O. The van der Waals surface area contributed by atoms with Crippen LogP contribution in [0, 0.1) is 0 Å². The molecule has 4 heteroatoms. The van der Waals surface area contributed by atoms with Crippen LogP contribution in [0.4, 0.5) is 4.79 Å². The smallest absolute Gasteiger partial charge is 0.323 e. The molecule has 2 N–H and O–H groups in total. The lowest BCUT2D eigenvalue weighted by Gasteiger charge is -2.01. The standard InChI is InChI=1S/C3H7N3O/c1-6-3(7)4-2-5-6/h5H,2H2,1H3,(H,4,7)/i/hD. The molecule has 0 radical (unpaired) electrons. The van der Waals surface area contributed by atoms with Crippen LogP contribution in [0.15, 0.2) is 0 Å². The summed E-state index contributed by atoms with van der Waals surface area (Å²) in [5, 5.41) is 3.64. The van der Waals surface area contributed by atoms with Crippen LogP contribution in [-0.2, 0) is 0 Å². The highest BCUT2D eigenvalue weighted by atomic mass is 16.2. The number of hydrogen-bond donors (Lipinski definition) is 2. The zero-order chi connectivity index (χ0) is 6.15. The molecule has 1 aliphatic rings. The van der Waals surface area contributed by atoms with Crippen LogP contribution >= 0.6 is 0 Å². The Morgan fingerprint density at radius 2 is 2.86 bits per heavy atom. The molecule has 40 valence electrons. The van der Waals surface area contributed by atoms with Gasteiger partial charge in [0.1, 0.15) is 1.41 Å². The first-order valence-electron chi connectivity index (χ1n) is 2.44. The largest absolute Gasteiger partial charge is 0.332 e. The second-order valence-corrected chi connectivity index (χ2v) is 1.31. The van der Waals surface area contributed by atoms with E-state index in [0.717, 1.165) is 5.42 Å². The first-order chi connectivity index (χ1) is 3.72. The SMILES string of the molecule is [2H]N1CNC(=O)N1C. The summed E-state index contributed by atoms with van der Waals surface area (Å²) < 4.78 is 6.94. The second-order valence-electron chi connectivity index (χ2n) is 1.31. The molecule has 1 saturated heterocycles. The molecule has 0 bridgehead atoms. The molecule has 0 atom stereocenters. The van der Waals surface area contributed by atoms with E-state index >= 15 is 0 Å². The van der Waals surface area contributed by atoms with Crippen molar-refractivity contribution in [1.29, 1.82) is 0 Å². The van der Waals surface area contributed by atoms with Crippen molar-refractivity contribution in [1.82, 2.24) is 15.7 Å². The Hall–Kier alpha value is -0.770. The summed E-state index contributed by atoms with van der Waals surface area (Å²) in [5.41, 5.74) is 1.04. The minimum Gasteiger partial charge on any atom is -0.323 e. The number of nitrogens with zero attached hydrogens (tertiary/aromatic N) is 1. The third-order valence-corrected chi connectivity index (χ3v) is 0.807. The Morgan fingerprint density at radius 1 is 2.14 bits per heavy atom. The van der Waals surface area contributed by atoms with Crippen molar-refractivity contribution in [2.45, 2.75) is 0 Å². The molecule has 7 heavy (non-hydrogen) atoms. The molecule has 1 rings (SSSR count). The summed E-state index contributed by atoms with van der Waals surface area (Å²) in [6.07, 6.45) is 0. The first-order valence-corrected chi connectivity index (χ1v) is 1.99. The normalized spacial score (nSPS) is 25.0. The zero-order valence-electron chi connectivity index (χ0n) is 5.01. The van der Waals surface area contributed by atoms with Gasteiger partial charge in [-0.05, 0) is 0 Å². The zero-order valence-corrected chi connectivity index (χ0v) is 4.01. The number of carbonyl (C=O) groups is 1. The van der Waals surface area contributed by atoms with Crippen molar-refractivity contribution in [2.75, 3.05) is 13.7 Å². The molecule has 0 unspecified atom stereocenters. The van der Waals surface area contributed by atoms with Gasteiger partial charge in [-0.1, -0.05) is 0 Å². The fourth-order valence-electron chi connectivity index (χ4n) is 0.388. The van der Waals surface area contributed by atoms with Crippen molar-refractivity contribution < 1.29 is 6.21 Å². The van der Waals surface area contributed by atoms with E-state index in [0.29, 0.717) is 0 Å². The third-order valence-electron chi connectivity index (χ3n) is 0.807. The van der Waals surface area contributed by atoms with E-state index in [9.17, 15) is 4.79 Å². The van der Waals surface area contributed by atoms with Gasteiger partial charge in [0.2, 0.25) is 0 Å². The Morgan fingerprint density at radius 3 is 3.00 bits per heavy atom. The highest BCUT2D eigenvalue weighted by molar-refractivity contribution is 5.74. The predicted octanol–water partition coefficient (Wildman–Crippen LogP) is -0.897. The van der Waals surface area contributed by atoms with Crippen LogP contribution < -0.4 is 10.7 Å². The minimum atomic E-state index is -0.222. The van der Waals surface area contributed by atoms with E-state index in [4.69, 9.17) is 1.41 Å². The number of hydrogen-bond acceptors (Lipinski definition) is 2. The van der Waals surface area contributed by atoms with E-state index in [1.165, 1.54) is 12.1 Å². The summed E-state index contributed by atoms with van der Waals surface area (Å²) in [4.78, 5) is 10.4. The third kappa shape index (κ3) is 0.640. The number of carbonyl (C=O) groups excluding carboxylic acids is 1. The van der Waals surface area contributed by atoms with E-state index in [-0.39, 0.29) is 12.7 Å². The van der Waals surface area contributed by atoms with Gasteiger partial charge in [0.05, 0.1) is 6.67 Å². The van der Waals surface area contributed by atoms with Gasteiger partial charge >= 0.3 is 6.03 Å². The number of amides is 2. The predicted molar refractivity (Wildman–Crippen MR) is 24.3 cm³/mol. The summed E-state index contributed by atoms with van der Waals surface area (Å²) in [6.45, 7) is 0.287. The highest BCUT2D eigenvalue weighted by Gasteiger charge is 2.11. The number of nitrogens with one attached hydrogen (secondary N) is 2. The fraction of sp³-hybridized carbons (Fsp3) is 0.667. The Labute approximate surface area is 42.9 Å². The summed E-state index contributed by atoms with van der Waals surface area (Å²) >= 11 is 0. The summed E-state index contributed by atoms with van der Waals surface area (Å²) in [6, 6.07) is -0.222. The van der Waals surface area contributed by atoms with Gasteiger partial charge in [-0.25, -0.2) is 10.2 Å². The number of hydrazine groups is 1. The highest BCUT2D eigenvalue weighted by Crippen LogP contribution is 1.81. The minimum absolute atomic E-state index is 0.222. The van der Waals surface area contributed by atoms with E-state index in [2.05, 4.69) is 5.32 Å². The number of rotatable bonds is 0. The molecule has 4 nitrogen and oxygen atoms in total. The molecule has 0 aromatic heterocycles. The van der Waals surface area contributed by atoms with Crippen molar-refractivity contribution in [2.24, 2.45) is 0 Å². The quantitative estimate of drug-likeness (QED) is 0.416. The number of urea groups is 1. The van der Waals surface area contributed by atoms with Crippen molar-refractivity contribution in [3.8, 4) is 0 Å². The van der Waals surface area contributed by atoms with Crippen molar-refractivity contribution in [3.05, 3.63) is 0 Å². The monoisotopic (exact) mass is 102 g/mol. The van der Waals surface area contributed by atoms with Crippen molar-refractivity contribution >= 4 is 6.03 Å². The van der Waals surface area contributed by atoms with Crippen LogP contribution in [0.3, 0.4) is 0 Å². The lowest BCUT2D eigenvalue weighted by atomic mass is 11.0. The molecule has 2 amide bonds. The Balaban J connectivity index is 2.56. The maximum atomic E-state index is 10.4. The van der Waals surface area contributed by atoms with E-state index in [1.807, 2.05) is 0 Å². The molecule has 1 aliphatic heterocycles. The molecule has 1 fully saturated rings. The van der Waals surface area contributed by atoms with Crippen molar-refractivity contribution in [3.63, 3.8) is 0 Å². The van der Waals surface area contributed by atoms with Crippen LogP contribution in [0.5, 0.6) is 0 Å². The van der Waals surface area contributed by atoms with Crippen LogP contribution in [0.25, 0.3) is 0 Å². The fourth-order valence-corrected chi connectivity index (χ4v) is 0.388. The van der Waals surface area contributed by atoms with Crippen LogP contribution in [0.1, 0.15) is 0 Å². The summed E-state index contributed by atoms with van der Waals surface area (Å²) in [7, 11) is 1.54. The lowest BCUT2D eigenvalue weighted by Crippen LogP contribution is -2.29. The van der Waals surface area contributed by atoms with Gasteiger partial charge in [-0.15, -0.1) is 0 Å². The second kappa shape index (κ2) is 1.38. The van der Waals surface area contributed by atoms with Crippen LogP contribution in [0.2, 0.25) is 1.41 Å². The topological polar surface area (TPSA) is 44.4 Å². The molecule has 0 aromatic rings. The molecule has 0 saturated carbocycles. The molecular weight excluding hydrogens is 94.1 g/mol. The average Bonchev–Trinajstić information content (AvgIpc) is 1.98. The van der Waals surface area contributed by atoms with E-state index in [1.54, 1.807) is 0 Å². The van der Waals surface area contributed by atoms with Gasteiger partial charge < -0.3 is 5.32 Å². The van der Waals surface area contributed by atoms with E-state index < -0.39 is 0 Å². The summed E-state index contributed by atoms with van der Waals surface area (Å²) in [5.74, 6) is 0. The molecule has 0 aromatic carbocycles.